The first-order valence-electron chi connectivity index (χ1n) is 12.4. The van der Waals surface area contributed by atoms with Crippen molar-refractivity contribution in [3.63, 3.8) is 0 Å². The summed E-state index contributed by atoms with van der Waals surface area (Å²) < 4.78 is 56.6. The molecule has 12 heteroatoms. The third-order valence-electron chi connectivity index (χ3n) is 7.24. The maximum absolute atomic E-state index is 15.7. The van der Waals surface area contributed by atoms with Crippen LogP contribution in [0.5, 0.6) is 5.75 Å². The van der Waals surface area contributed by atoms with Crippen LogP contribution in [0.25, 0.3) is 11.1 Å². The van der Waals surface area contributed by atoms with Gasteiger partial charge in [-0.25, -0.2) is 4.39 Å². The Balaban J connectivity index is 1.87. The molecule has 210 valence electrons. The first kappa shape index (κ1) is 28.6. The minimum Gasteiger partial charge on any atom is -0.506 e. The summed E-state index contributed by atoms with van der Waals surface area (Å²) in [6, 6.07) is 7.48. The minimum absolute atomic E-state index is 0.0358. The monoisotopic (exact) mass is 557 g/mol. The Labute approximate surface area is 227 Å². The number of phenols is 1. The van der Waals surface area contributed by atoms with Crippen LogP contribution in [0.15, 0.2) is 41.3 Å². The number of hydrogen-bond donors (Lipinski definition) is 3. The molecule has 2 heterocycles. The number of aromatic amines is 1. The van der Waals surface area contributed by atoms with Crippen LogP contribution in [0, 0.1) is 24.1 Å². The second-order valence-electron chi connectivity index (χ2n) is 10.00. The molecule has 8 nitrogen and oxygen atoms in total. The molecular weight excluding hydrogens is 530 g/mol. The van der Waals surface area contributed by atoms with Crippen LogP contribution >= 0.6 is 0 Å². The first-order chi connectivity index (χ1) is 18.7. The summed E-state index contributed by atoms with van der Waals surface area (Å²) in [5.41, 5.74) is -2.53. The van der Waals surface area contributed by atoms with Gasteiger partial charge in [-0.05, 0) is 63.2 Å². The molecule has 0 bridgehead atoms. The summed E-state index contributed by atoms with van der Waals surface area (Å²) in [7, 11) is 1.95. The molecule has 3 aromatic rings. The fourth-order valence-electron chi connectivity index (χ4n) is 4.85. The number of alkyl halides is 3. The van der Waals surface area contributed by atoms with Crippen molar-refractivity contribution in [1.82, 2.24) is 9.88 Å². The van der Waals surface area contributed by atoms with Gasteiger partial charge in [-0.15, -0.1) is 0 Å². The molecule has 1 fully saturated rings. The van der Waals surface area contributed by atoms with Crippen LogP contribution in [0.1, 0.15) is 40.9 Å². The third kappa shape index (κ3) is 5.51. The van der Waals surface area contributed by atoms with E-state index in [2.05, 4.69) is 15.2 Å². The van der Waals surface area contributed by atoms with Gasteiger partial charge in [-0.1, -0.05) is 0 Å². The van der Waals surface area contributed by atoms with Crippen molar-refractivity contribution in [2.24, 2.45) is 0 Å². The molecule has 0 spiro atoms. The third-order valence-corrected chi connectivity index (χ3v) is 7.24. The maximum Gasteiger partial charge on any atom is 0.417 e. The molecule has 2 atom stereocenters. The van der Waals surface area contributed by atoms with Crippen LogP contribution in [0.2, 0.25) is 0 Å². The van der Waals surface area contributed by atoms with Crippen molar-refractivity contribution in [3.05, 3.63) is 75.0 Å². The summed E-state index contributed by atoms with van der Waals surface area (Å²) in [5, 5.41) is 22.0. The number of aromatic hydroxyl groups is 1. The van der Waals surface area contributed by atoms with E-state index in [-0.39, 0.29) is 45.9 Å². The summed E-state index contributed by atoms with van der Waals surface area (Å²) in [5.74, 6) is -2.10. The van der Waals surface area contributed by atoms with E-state index in [1.807, 2.05) is 31.9 Å². The van der Waals surface area contributed by atoms with Gasteiger partial charge in [0.1, 0.15) is 17.6 Å². The van der Waals surface area contributed by atoms with Crippen LogP contribution in [-0.2, 0) is 6.18 Å². The normalized spacial score (nSPS) is 17.9. The van der Waals surface area contributed by atoms with Crippen LogP contribution < -0.4 is 15.8 Å². The van der Waals surface area contributed by atoms with Crippen LogP contribution in [-0.4, -0.2) is 53.1 Å². The molecule has 0 unspecified atom stereocenters. The summed E-state index contributed by atoms with van der Waals surface area (Å²) in [6.07, 6.45) is -4.29. The molecule has 1 saturated heterocycles. The number of aryl methyl sites for hydroxylation is 1. The lowest BCUT2D eigenvalue weighted by atomic mass is 9.97. The van der Waals surface area contributed by atoms with Gasteiger partial charge in [0.05, 0.1) is 28.1 Å². The lowest BCUT2D eigenvalue weighted by Gasteiger charge is -2.44. The predicted molar refractivity (Wildman–Crippen MR) is 142 cm³/mol. The number of nitrogens with zero attached hydrogens (tertiary/aromatic N) is 3. The number of benzene rings is 2. The van der Waals surface area contributed by atoms with Crippen molar-refractivity contribution in [2.75, 3.05) is 30.4 Å². The Morgan fingerprint density at radius 1 is 1.15 bits per heavy atom. The van der Waals surface area contributed by atoms with Gasteiger partial charge in [0, 0.05) is 43.0 Å². The lowest BCUT2D eigenvalue weighted by Crippen LogP contribution is -2.55. The molecule has 0 saturated carbocycles. The molecular formula is C28H27F4N5O3. The zero-order valence-electron chi connectivity index (χ0n) is 22.2. The van der Waals surface area contributed by atoms with Crippen molar-refractivity contribution in [2.45, 2.75) is 39.0 Å². The lowest BCUT2D eigenvalue weighted by molar-refractivity contribution is -0.138. The number of carbonyl (C=O) groups is 1. The van der Waals surface area contributed by atoms with Gasteiger partial charge in [-0.3, -0.25) is 14.5 Å². The molecule has 4 rings (SSSR count). The largest absolute Gasteiger partial charge is 0.506 e. The first-order valence-corrected chi connectivity index (χ1v) is 12.4. The molecule has 1 aliphatic heterocycles. The highest BCUT2D eigenvalue weighted by Crippen LogP contribution is 2.38. The Morgan fingerprint density at radius 3 is 2.40 bits per heavy atom. The SMILES string of the molecule is Cc1cc(-c2cc(NC(=O)c3c[nH]c(=O)cc3C(F)(F)F)c(N3C[C@@H](C)N(C)[C@@H](C)C3)cc2F)cc(C#N)c1O. The van der Waals surface area contributed by atoms with Crippen LogP contribution in [0.3, 0.4) is 0 Å². The van der Waals surface area contributed by atoms with E-state index in [1.165, 1.54) is 31.2 Å². The molecule has 0 aliphatic carbocycles. The maximum atomic E-state index is 15.7. The number of amides is 1. The summed E-state index contributed by atoms with van der Waals surface area (Å²) in [4.78, 5) is 30.9. The van der Waals surface area contributed by atoms with E-state index in [0.717, 1.165) is 0 Å². The molecule has 40 heavy (non-hydrogen) atoms. The van der Waals surface area contributed by atoms with Crippen molar-refractivity contribution in [1.29, 1.82) is 5.26 Å². The number of nitriles is 1. The number of aromatic nitrogens is 1. The molecule has 1 aliphatic rings. The number of pyridine rings is 1. The number of piperazine rings is 1. The van der Waals surface area contributed by atoms with Crippen molar-refractivity contribution < 1.29 is 27.5 Å². The van der Waals surface area contributed by atoms with E-state index in [1.54, 1.807) is 0 Å². The Kier molecular flexibility index (Phi) is 7.63. The smallest absolute Gasteiger partial charge is 0.417 e. The van der Waals surface area contributed by atoms with E-state index in [9.17, 15) is 33.1 Å². The van der Waals surface area contributed by atoms with Crippen molar-refractivity contribution >= 4 is 17.3 Å². The van der Waals surface area contributed by atoms with E-state index in [0.29, 0.717) is 30.9 Å². The number of H-pyrrole nitrogens is 1. The van der Waals surface area contributed by atoms with E-state index in [4.69, 9.17) is 0 Å². The number of anilines is 2. The zero-order chi connectivity index (χ0) is 29.5. The number of hydrogen-bond acceptors (Lipinski definition) is 6. The van der Waals surface area contributed by atoms with Gasteiger partial charge in [0.15, 0.2) is 0 Å². The Morgan fingerprint density at radius 2 is 1.80 bits per heavy atom. The number of phenolic OH excluding ortho intramolecular Hbond substituents is 1. The Hall–Kier alpha value is -4.37. The number of halogens is 4. The van der Waals surface area contributed by atoms with Gasteiger partial charge in [0.25, 0.3) is 5.91 Å². The molecule has 1 amide bonds. The zero-order valence-corrected chi connectivity index (χ0v) is 22.2. The predicted octanol–water partition coefficient (Wildman–Crippen LogP) is 4.87. The quantitative estimate of drug-likeness (QED) is 0.395. The highest BCUT2D eigenvalue weighted by Gasteiger charge is 2.36. The highest BCUT2D eigenvalue weighted by molar-refractivity contribution is 6.07. The number of nitrogens with one attached hydrogen (secondary N) is 2. The van der Waals surface area contributed by atoms with Gasteiger partial charge in [-0.2, -0.15) is 18.4 Å². The topological polar surface area (TPSA) is 112 Å². The standard InChI is InChI=1S/C28H27F4N5O3/c1-14-5-17(6-18(10-33)26(14)39)19-7-23(24(9-22(19)29)37-12-15(2)36(4)16(3)13-37)35-27(40)20-11-34-25(38)8-21(20)28(30,31)32/h5-9,11,15-16,39H,12-13H2,1-4H3,(H,34,38)(H,35,40)/t15-,16+. The number of rotatable bonds is 4. The number of likely N-dealkylation sites (N-methyl/N-ethyl adjacent to an activating group) is 1. The van der Waals surface area contributed by atoms with E-state index < -0.39 is 34.6 Å². The highest BCUT2D eigenvalue weighted by atomic mass is 19.4. The molecule has 0 radical (unpaired) electrons. The molecule has 3 N–H and O–H groups in total. The number of carbonyl (C=O) groups excluding carboxylic acids is 1. The summed E-state index contributed by atoms with van der Waals surface area (Å²) in [6.45, 7) is 6.39. The Bertz CT molecular complexity index is 1570. The molecule has 1 aromatic heterocycles. The minimum atomic E-state index is -4.97. The fraction of sp³-hybridized carbons (Fsp3) is 0.321. The average Bonchev–Trinajstić information content (AvgIpc) is 2.88. The van der Waals surface area contributed by atoms with Gasteiger partial charge >= 0.3 is 6.18 Å². The summed E-state index contributed by atoms with van der Waals surface area (Å²) >= 11 is 0. The average molecular weight is 558 g/mol. The second-order valence-corrected chi connectivity index (χ2v) is 10.00. The fourth-order valence-corrected chi connectivity index (χ4v) is 4.85. The van der Waals surface area contributed by atoms with Gasteiger partial charge in [0.2, 0.25) is 5.56 Å². The van der Waals surface area contributed by atoms with Crippen LogP contribution in [0.4, 0.5) is 28.9 Å². The molecule has 2 aromatic carbocycles. The van der Waals surface area contributed by atoms with E-state index >= 15 is 4.39 Å². The van der Waals surface area contributed by atoms with Crippen molar-refractivity contribution in [3.8, 4) is 22.9 Å². The van der Waals surface area contributed by atoms with Gasteiger partial charge < -0.3 is 20.3 Å². The second kappa shape index (κ2) is 10.7.